The Bertz CT molecular complexity index is 819. The van der Waals surface area contributed by atoms with Crippen molar-refractivity contribution in [1.29, 1.82) is 0 Å². The van der Waals surface area contributed by atoms with E-state index in [4.69, 9.17) is 10.8 Å². The first kappa shape index (κ1) is 29.1. The number of aliphatic carboxylic acids is 1. The van der Waals surface area contributed by atoms with Crippen LogP contribution in [0.4, 0.5) is 0 Å². The molecule has 6 atom stereocenters. The Kier molecular flexibility index (Phi) is 12.2. The Hall–Kier alpha value is -2.98. The third-order valence-electron chi connectivity index (χ3n) is 6.02. The van der Waals surface area contributed by atoms with Crippen LogP contribution in [0.5, 0.6) is 0 Å². The minimum Gasteiger partial charge on any atom is -0.480 e. The predicted octanol–water partition coefficient (Wildman–Crippen LogP) is 0.180. The molecule has 6 unspecified atom stereocenters. The van der Waals surface area contributed by atoms with E-state index in [0.29, 0.717) is 19.3 Å². The number of carbonyl (C=O) groups is 4. The quantitative estimate of drug-likeness (QED) is 0.221. The molecule has 10 heteroatoms. The summed E-state index contributed by atoms with van der Waals surface area (Å²) in [7, 11) is 0. The smallest absolute Gasteiger partial charge is 0.328 e. The van der Waals surface area contributed by atoms with Crippen LogP contribution in [-0.2, 0) is 25.6 Å². The van der Waals surface area contributed by atoms with Crippen LogP contribution in [0, 0.1) is 11.8 Å². The fraction of sp³-hybridized carbons (Fsp3) is 0.583. The summed E-state index contributed by atoms with van der Waals surface area (Å²) >= 11 is 0. The van der Waals surface area contributed by atoms with E-state index in [9.17, 15) is 24.3 Å². The average molecular weight is 479 g/mol. The molecule has 0 saturated carbocycles. The van der Waals surface area contributed by atoms with Crippen molar-refractivity contribution in [1.82, 2.24) is 16.0 Å². The summed E-state index contributed by atoms with van der Waals surface area (Å²) in [6, 6.07) is 4.94. The van der Waals surface area contributed by atoms with E-state index in [-0.39, 0.29) is 11.8 Å². The molecule has 0 aromatic heterocycles. The van der Waals surface area contributed by atoms with E-state index >= 15 is 0 Å². The third-order valence-corrected chi connectivity index (χ3v) is 6.02. The maximum absolute atomic E-state index is 13.2. The van der Waals surface area contributed by atoms with Crippen LogP contribution >= 0.6 is 0 Å². The van der Waals surface area contributed by atoms with Crippen LogP contribution in [-0.4, -0.2) is 64.7 Å². The molecule has 0 spiro atoms. The number of amides is 3. The molecular weight excluding hydrogens is 440 g/mol. The molecule has 0 fully saturated rings. The van der Waals surface area contributed by atoms with Crippen LogP contribution in [0.25, 0.3) is 0 Å². The van der Waals surface area contributed by atoms with Gasteiger partial charge in [0.2, 0.25) is 17.7 Å². The third kappa shape index (κ3) is 8.75. The van der Waals surface area contributed by atoms with Crippen molar-refractivity contribution in [3.05, 3.63) is 35.9 Å². The number of hydrogen-bond acceptors (Lipinski definition) is 6. The predicted molar refractivity (Wildman–Crippen MR) is 128 cm³/mol. The molecule has 3 amide bonds. The highest BCUT2D eigenvalue weighted by Crippen LogP contribution is 2.13. The number of carboxylic acids is 1. The van der Waals surface area contributed by atoms with Crippen LogP contribution < -0.4 is 21.7 Å². The monoisotopic (exact) mass is 478 g/mol. The maximum atomic E-state index is 13.2. The first-order valence-corrected chi connectivity index (χ1v) is 11.6. The lowest BCUT2D eigenvalue weighted by molar-refractivity contribution is -0.143. The van der Waals surface area contributed by atoms with Crippen molar-refractivity contribution in [2.75, 3.05) is 6.61 Å². The van der Waals surface area contributed by atoms with Gasteiger partial charge in [0.1, 0.15) is 18.1 Å². The van der Waals surface area contributed by atoms with Crippen molar-refractivity contribution in [2.24, 2.45) is 17.6 Å². The maximum Gasteiger partial charge on any atom is 0.328 e. The van der Waals surface area contributed by atoms with Gasteiger partial charge >= 0.3 is 5.97 Å². The van der Waals surface area contributed by atoms with Crippen LogP contribution in [0.1, 0.15) is 46.1 Å². The highest BCUT2D eigenvalue weighted by atomic mass is 16.4. The van der Waals surface area contributed by atoms with Gasteiger partial charge in [0, 0.05) is 0 Å². The van der Waals surface area contributed by atoms with Crippen LogP contribution in [0.3, 0.4) is 0 Å². The number of rotatable bonds is 14. The molecule has 190 valence electrons. The van der Waals surface area contributed by atoms with E-state index in [1.165, 1.54) is 0 Å². The Morgan fingerprint density at radius 2 is 1.32 bits per heavy atom. The van der Waals surface area contributed by atoms with Gasteiger partial charge in [0.05, 0.1) is 12.6 Å². The number of carbonyl (C=O) groups excluding carboxylic acids is 3. The van der Waals surface area contributed by atoms with E-state index in [1.54, 1.807) is 13.8 Å². The van der Waals surface area contributed by atoms with Gasteiger partial charge in [-0.05, 0) is 23.8 Å². The summed E-state index contributed by atoms with van der Waals surface area (Å²) in [5.41, 5.74) is 6.96. The standard InChI is InChI=1S/C24H38N4O6/c1-5-14(3)19(22(31)26-18(13-29)24(33)34)28-23(32)20(15(4)6-2)27-21(30)17(25)12-16-10-8-7-9-11-16/h7-11,14-15,17-20,29H,5-6,12-13,25H2,1-4H3,(H,26,31)(H,27,30)(H,28,32)(H,33,34). The summed E-state index contributed by atoms with van der Waals surface area (Å²) in [5, 5.41) is 25.9. The number of nitrogens with one attached hydrogen (secondary N) is 3. The topological polar surface area (TPSA) is 171 Å². The van der Waals surface area contributed by atoms with Gasteiger partial charge in [-0.3, -0.25) is 14.4 Å². The van der Waals surface area contributed by atoms with E-state index in [2.05, 4.69) is 16.0 Å². The van der Waals surface area contributed by atoms with Crippen molar-refractivity contribution in [3.8, 4) is 0 Å². The molecule has 1 aromatic rings. The van der Waals surface area contributed by atoms with Crippen molar-refractivity contribution < 1.29 is 29.4 Å². The Balaban J connectivity index is 2.98. The molecule has 0 radical (unpaired) electrons. The van der Waals surface area contributed by atoms with Gasteiger partial charge in [0.25, 0.3) is 0 Å². The second kappa shape index (κ2) is 14.3. The zero-order valence-corrected chi connectivity index (χ0v) is 20.3. The van der Waals surface area contributed by atoms with Gasteiger partial charge in [-0.1, -0.05) is 70.9 Å². The number of nitrogens with two attached hydrogens (primary N) is 1. The second-order valence-electron chi connectivity index (χ2n) is 8.62. The fourth-order valence-electron chi connectivity index (χ4n) is 3.31. The minimum absolute atomic E-state index is 0.252. The zero-order chi connectivity index (χ0) is 25.8. The van der Waals surface area contributed by atoms with E-state index in [0.717, 1.165) is 5.56 Å². The van der Waals surface area contributed by atoms with Gasteiger partial charge in [-0.15, -0.1) is 0 Å². The summed E-state index contributed by atoms with van der Waals surface area (Å²) < 4.78 is 0. The molecule has 1 aromatic carbocycles. The lowest BCUT2D eigenvalue weighted by Gasteiger charge is -2.30. The van der Waals surface area contributed by atoms with Gasteiger partial charge in [0.15, 0.2) is 0 Å². The molecule has 0 aliphatic rings. The van der Waals surface area contributed by atoms with Crippen molar-refractivity contribution in [2.45, 2.75) is 71.1 Å². The molecule has 0 aliphatic heterocycles. The van der Waals surface area contributed by atoms with E-state index in [1.807, 2.05) is 44.2 Å². The highest BCUT2D eigenvalue weighted by molar-refractivity contribution is 5.94. The van der Waals surface area contributed by atoms with Crippen molar-refractivity contribution >= 4 is 23.7 Å². The molecule has 10 nitrogen and oxygen atoms in total. The zero-order valence-electron chi connectivity index (χ0n) is 20.3. The molecule has 0 aliphatic carbocycles. The Morgan fingerprint density at radius 3 is 1.76 bits per heavy atom. The van der Waals surface area contributed by atoms with Crippen LogP contribution in [0.15, 0.2) is 30.3 Å². The number of aliphatic hydroxyl groups is 1. The minimum atomic E-state index is -1.49. The molecule has 34 heavy (non-hydrogen) atoms. The molecule has 0 bridgehead atoms. The molecule has 1 rings (SSSR count). The summed E-state index contributed by atoms with van der Waals surface area (Å²) in [4.78, 5) is 49.9. The number of hydrogen-bond donors (Lipinski definition) is 6. The van der Waals surface area contributed by atoms with Crippen LogP contribution in [0.2, 0.25) is 0 Å². The summed E-state index contributed by atoms with van der Waals surface area (Å²) in [5.74, 6) is -3.74. The summed E-state index contributed by atoms with van der Waals surface area (Å²) in [6.07, 6.45) is 1.41. The first-order valence-electron chi connectivity index (χ1n) is 11.6. The highest BCUT2D eigenvalue weighted by Gasteiger charge is 2.34. The normalized spacial score (nSPS) is 16.3. The number of carboxylic acid groups (broad SMARTS) is 1. The molecule has 0 saturated heterocycles. The molecule has 7 N–H and O–H groups in total. The second-order valence-corrected chi connectivity index (χ2v) is 8.62. The lowest BCUT2D eigenvalue weighted by atomic mass is 9.94. The van der Waals surface area contributed by atoms with Gasteiger partial charge in [-0.2, -0.15) is 0 Å². The van der Waals surface area contributed by atoms with Gasteiger partial charge < -0.3 is 31.9 Å². The lowest BCUT2D eigenvalue weighted by Crippen LogP contribution is -2.60. The summed E-state index contributed by atoms with van der Waals surface area (Å²) in [6.45, 7) is 6.46. The Labute approximate surface area is 200 Å². The van der Waals surface area contributed by atoms with E-state index < -0.39 is 54.5 Å². The largest absolute Gasteiger partial charge is 0.480 e. The van der Waals surface area contributed by atoms with Gasteiger partial charge in [-0.25, -0.2) is 4.79 Å². The first-order chi connectivity index (χ1) is 16.0. The molecule has 0 heterocycles. The Morgan fingerprint density at radius 1 is 0.853 bits per heavy atom. The molecular formula is C24H38N4O6. The number of aliphatic hydroxyl groups excluding tert-OH is 1. The number of benzene rings is 1. The SMILES string of the molecule is CCC(C)C(NC(=O)C(N)Cc1ccccc1)C(=O)NC(C(=O)NC(CO)C(=O)O)C(C)CC. The average Bonchev–Trinajstić information content (AvgIpc) is 2.83. The van der Waals surface area contributed by atoms with Crippen molar-refractivity contribution in [3.63, 3.8) is 0 Å². The fourth-order valence-corrected chi connectivity index (χ4v) is 3.31.